The molecule has 0 aromatic heterocycles. The molecule has 4 rings (SSSR count). The van der Waals surface area contributed by atoms with Crippen molar-refractivity contribution in [2.24, 2.45) is 0 Å². The van der Waals surface area contributed by atoms with Crippen LogP contribution in [0, 0.1) is 11.3 Å². The zero-order valence-corrected chi connectivity index (χ0v) is 15.8. The number of likely N-dealkylation sites (tertiary alicyclic amines) is 1. The van der Waals surface area contributed by atoms with E-state index in [0.717, 1.165) is 30.2 Å². The molecule has 3 aliphatic heterocycles. The zero-order chi connectivity index (χ0) is 18.1. The molecule has 7 nitrogen and oxygen atoms in total. The average Bonchev–Trinajstić information content (AvgIpc) is 3.38. The number of nitriles is 1. The van der Waals surface area contributed by atoms with Crippen LogP contribution in [0.25, 0.3) is 0 Å². The second kappa shape index (κ2) is 7.33. The van der Waals surface area contributed by atoms with E-state index >= 15 is 0 Å². The van der Waals surface area contributed by atoms with E-state index in [-0.39, 0.29) is 30.8 Å². The van der Waals surface area contributed by atoms with Gasteiger partial charge in [0.15, 0.2) is 11.5 Å². The number of hydrogen-bond donors (Lipinski definition) is 1. The smallest absolute Gasteiger partial charge is 0.240 e. The molecule has 2 saturated heterocycles. The van der Waals surface area contributed by atoms with Crippen molar-refractivity contribution in [2.45, 2.75) is 43.8 Å². The molecule has 1 aromatic carbocycles. The van der Waals surface area contributed by atoms with E-state index in [1.54, 1.807) is 4.90 Å². The van der Waals surface area contributed by atoms with Crippen LogP contribution in [0.4, 0.5) is 0 Å². The number of nitrogens with zero attached hydrogens (tertiary/aromatic N) is 2. The van der Waals surface area contributed by atoms with E-state index in [2.05, 4.69) is 27.3 Å². The Labute approximate surface area is 160 Å². The first-order valence-electron chi connectivity index (χ1n) is 8.84. The van der Waals surface area contributed by atoms with E-state index in [1.165, 1.54) is 0 Å². The molecule has 1 N–H and O–H groups in total. The highest BCUT2D eigenvalue weighted by Crippen LogP contribution is 2.40. The highest BCUT2D eigenvalue weighted by atomic mass is 79.9. The molecule has 8 heteroatoms. The standard InChI is InChI=1S/C18H20BrN3O4/c19-13-6-16-17(26-10-25-16)7-15(13)24-9-11-3-4-14(21-11)18(23)22-5-1-2-12(22)8-20/h6-7,11-12,14,21H,1-5,9-10H2/t11-,12+,14+/m1/s1. The molecule has 3 heterocycles. The maximum absolute atomic E-state index is 12.7. The van der Waals surface area contributed by atoms with Gasteiger partial charge in [0.1, 0.15) is 18.4 Å². The van der Waals surface area contributed by atoms with Crippen LogP contribution in [0.3, 0.4) is 0 Å². The summed E-state index contributed by atoms with van der Waals surface area (Å²) in [6, 6.07) is 5.48. The minimum atomic E-state index is -0.274. The highest BCUT2D eigenvalue weighted by molar-refractivity contribution is 9.10. The van der Waals surface area contributed by atoms with Gasteiger partial charge in [0.25, 0.3) is 0 Å². The zero-order valence-electron chi connectivity index (χ0n) is 14.2. The van der Waals surface area contributed by atoms with Crippen molar-refractivity contribution in [1.29, 1.82) is 5.26 Å². The van der Waals surface area contributed by atoms with Gasteiger partial charge >= 0.3 is 0 Å². The van der Waals surface area contributed by atoms with E-state index in [1.807, 2.05) is 12.1 Å². The molecule has 2 fully saturated rings. The van der Waals surface area contributed by atoms with Crippen molar-refractivity contribution < 1.29 is 19.0 Å². The molecule has 0 aliphatic carbocycles. The van der Waals surface area contributed by atoms with Crippen molar-refractivity contribution >= 4 is 21.8 Å². The van der Waals surface area contributed by atoms with Gasteiger partial charge in [-0.2, -0.15) is 5.26 Å². The van der Waals surface area contributed by atoms with Crippen LogP contribution in [-0.4, -0.2) is 48.9 Å². The Kier molecular flexibility index (Phi) is 4.92. The minimum absolute atomic E-state index is 0.0424. The summed E-state index contributed by atoms with van der Waals surface area (Å²) < 4.78 is 17.4. The van der Waals surface area contributed by atoms with Gasteiger partial charge in [-0.3, -0.25) is 10.1 Å². The number of amides is 1. The van der Waals surface area contributed by atoms with Crippen LogP contribution in [0.5, 0.6) is 17.2 Å². The fraction of sp³-hybridized carbons (Fsp3) is 0.556. The fourth-order valence-electron chi connectivity index (χ4n) is 3.71. The second-order valence-electron chi connectivity index (χ2n) is 6.76. The number of fused-ring (bicyclic) bond motifs is 1. The van der Waals surface area contributed by atoms with Crippen molar-refractivity contribution in [2.75, 3.05) is 19.9 Å². The summed E-state index contributed by atoms with van der Waals surface area (Å²) in [6.07, 6.45) is 3.31. The summed E-state index contributed by atoms with van der Waals surface area (Å²) in [5, 5.41) is 12.5. The van der Waals surface area contributed by atoms with Crippen molar-refractivity contribution in [3.63, 3.8) is 0 Å². The van der Waals surface area contributed by atoms with Crippen LogP contribution < -0.4 is 19.5 Å². The molecule has 3 atom stereocenters. The number of carbonyl (C=O) groups is 1. The Morgan fingerprint density at radius 3 is 2.96 bits per heavy atom. The average molecular weight is 422 g/mol. The van der Waals surface area contributed by atoms with Crippen LogP contribution in [0.15, 0.2) is 16.6 Å². The first-order valence-corrected chi connectivity index (χ1v) is 9.63. The molecular weight excluding hydrogens is 402 g/mol. The molecule has 0 unspecified atom stereocenters. The van der Waals surface area contributed by atoms with Gasteiger partial charge in [0, 0.05) is 24.7 Å². The molecule has 26 heavy (non-hydrogen) atoms. The fourth-order valence-corrected chi connectivity index (χ4v) is 4.15. The lowest BCUT2D eigenvalue weighted by Crippen LogP contribution is -2.47. The Morgan fingerprint density at radius 2 is 2.15 bits per heavy atom. The third kappa shape index (κ3) is 3.33. The van der Waals surface area contributed by atoms with Gasteiger partial charge in [-0.15, -0.1) is 0 Å². The Morgan fingerprint density at radius 1 is 1.35 bits per heavy atom. The van der Waals surface area contributed by atoms with Gasteiger partial charge in [-0.1, -0.05) is 0 Å². The van der Waals surface area contributed by atoms with E-state index < -0.39 is 0 Å². The molecule has 0 spiro atoms. The second-order valence-corrected chi connectivity index (χ2v) is 7.61. The molecule has 0 saturated carbocycles. The van der Waals surface area contributed by atoms with E-state index in [9.17, 15) is 10.1 Å². The van der Waals surface area contributed by atoms with Crippen LogP contribution in [0.1, 0.15) is 25.7 Å². The predicted molar refractivity (Wildman–Crippen MR) is 96.1 cm³/mol. The van der Waals surface area contributed by atoms with Crippen LogP contribution in [-0.2, 0) is 4.79 Å². The SMILES string of the molecule is N#C[C@@H]1CCCN1C(=O)[C@@H]1CC[C@H](COc2cc3c(cc2Br)OCO3)N1. The normalized spacial score (nSPS) is 26.8. The third-order valence-corrected chi connectivity index (χ3v) is 5.71. The lowest BCUT2D eigenvalue weighted by Gasteiger charge is -2.24. The lowest BCUT2D eigenvalue weighted by atomic mass is 10.1. The largest absolute Gasteiger partial charge is 0.491 e. The number of hydrogen-bond acceptors (Lipinski definition) is 6. The Balaban J connectivity index is 1.32. The molecule has 1 aromatic rings. The lowest BCUT2D eigenvalue weighted by molar-refractivity contribution is -0.133. The van der Waals surface area contributed by atoms with Gasteiger partial charge in [0.05, 0.1) is 16.6 Å². The molecule has 138 valence electrons. The maximum atomic E-state index is 12.7. The first kappa shape index (κ1) is 17.4. The summed E-state index contributed by atoms with van der Waals surface area (Å²) in [6.45, 7) is 1.36. The summed E-state index contributed by atoms with van der Waals surface area (Å²) in [7, 11) is 0. The minimum Gasteiger partial charge on any atom is -0.491 e. The summed E-state index contributed by atoms with van der Waals surface area (Å²) in [5.41, 5.74) is 0. The Hall–Kier alpha value is -1.98. The maximum Gasteiger partial charge on any atom is 0.240 e. The van der Waals surface area contributed by atoms with Crippen molar-refractivity contribution in [1.82, 2.24) is 10.2 Å². The predicted octanol–water partition coefficient (Wildman–Crippen LogP) is 2.19. The summed E-state index contributed by atoms with van der Waals surface area (Å²) >= 11 is 3.48. The topological polar surface area (TPSA) is 83.8 Å². The molecule has 3 aliphatic rings. The number of ether oxygens (including phenoxy) is 3. The number of benzene rings is 1. The highest BCUT2D eigenvalue weighted by Gasteiger charge is 2.37. The van der Waals surface area contributed by atoms with Crippen molar-refractivity contribution in [3.05, 3.63) is 16.6 Å². The van der Waals surface area contributed by atoms with Crippen LogP contribution >= 0.6 is 15.9 Å². The quantitative estimate of drug-likeness (QED) is 0.801. The Bertz CT molecular complexity index is 751. The van der Waals surface area contributed by atoms with Crippen molar-refractivity contribution in [3.8, 4) is 23.3 Å². The van der Waals surface area contributed by atoms with Gasteiger partial charge < -0.3 is 19.1 Å². The molecule has 0 bridgehead atoms. The first-order chi connectivity index (χ1) is 12.7. The number of nitrogens with one attached hydrogen (secondary N) is 1. The monoisotopic (exact) mass is 421 g/mol. The molecule has 0 radical (unpaired) electrons. The molecular formula is C18H20BrN3O4. The van der Waals surface area contributed by atoms with Gasteiger partial charge in [0.2, 0.25) is 12.7 Å². The summed E-state index contributed by atoms with van der Waals surface area (Å²) in [4.78, 5) is 14.4. The number of carbonyl (C=O) groups excluding carboxylic acids is 1. The van der Waals surface area contributed by atoms with E-state index in [4.69, 9.17) is 14.2 Å². The third-order valence-electron chi connectivity index (χ3n) is 5.09. The van der Waals surface area contributed by atoms with Gasteiger partial charge in [-0.25, -0.2) is 0 Å². The summed E-state index contributed by atoms with van der Waals surface area (Å²) in [5.74, 6) is 2.11. The molecule has 1 amide bonds. The van der Waals surface area contributed by atoms with E-state index in [0.29, 0.717) is 30.4 Å². The van der Waals surface area contributed by atoms with Gasteiger partial charge in [-0.05, 0) is 41.6 Å². The van der Waals surface area contributed by atoms with Crippen LogP contribution in [0.2, 0.25) is 0 Å². The number of rotatable bonds is 4. The number of halogens is 1.